The number of thioether (sulfide) groups is 1. The molecule has 0 saturated heterocycles. The molecule has 0 saturated carbocycles. The molecule has 0 aliphatic heterocycles. The smallest absolute Gasteiger partial charge is 0.338 e. The highest BCUT2D eigenvalue weighted by atomic mass is 32.2. The van der Waals surface area contributed by atoms with Crippen LogP contribution < -0.4 is 5.56 Å². The largest absolute Gasteiger partial charge is 0.416 e. The van der Waals surface area contributed by atoms with E-state index in [9.17, 15) is 18.0 Å². The van der Waals surface area contributed by atoms with E-state index in [4.69, 9.17) is 4.52 Å². The SMILES string of the molecule is CC(C)n1c(SCc2nc(-c3ccc(C(F)(F)F)cc3)no2)nc2ccccc2c1=O. The number of rotatable bonds is 5. The number of nitrogens with zero attached hydrogens (tertiary/aromatic N) is 4. The fourth-order valence-corrected chi connectivity index (χ4v) is 4.01. The third-order valence-corrected chi connectivity index (χ3v) is 5.49. The zero-order chi connectivity index (χ0) is 22.2. The summed E-state index contributed by atoms with van der Waals surface area (Å²) in [5.41, 5.74) is 0.141. The maximum atomic E-state index is 12.9. The topological polar surface area (TPSA) is 73.8 Å². The van der Waals surface area contributed by atoms with Crippen molar-refractivity contribution in [3.8, 4) is 11.4 Å². The van der Waals surface area contributed by atoms with Gasteiger partial charge >= 0.3 is 6.18 Å². The Morgan fingerprint density at radius 2 is 1.77 bits per heavy atom. The first-order valence-electron chi connectivity index (χ1n) is 9.38. The van der Waals surface area contributed by atoms with Gasteiger partial charge in [-0.3, -0.25) is 9.36 Å². The molecule has 31 heavy (non-hydrogen) atoms. The summed E-state index contributed by atoms with van der Waals surface area (Å²) in [4.78, 5) is 21.7. The summed E-state index contributed by atoms with van der Waals surface area (Å²) < 4.78 is 45.0. The molecule has 10 heteroatoms. The lowest BCUT2D eigenvalue weighted by atomic mass is 10.1. The van der Waals surface area contributed by atoms with Crippen molar-refractivity contribution in [2.75, 3.05) is 0 Å². The van der Waals surface area contributed by atoms with Crippen LogP contribution in [0.2, 0.25) is 0 Å². The van der Waals surface area contributed by atoms with Gasteiger partial charge in [0, 0.05) is 11.6 Å². The zero-order valence-electron chi connectivity index (χ0n) is 16.6. The monoisotopic (exact) mass is 446 g/mol. The first-order chi connectivity index (χ1) is 14.7. The quantitative estimate of drug-likeness (QED) is 0.304. The van der Waals surface area contributed by atoms with E-state index in [2.05, 4.69) is 15.1 Å². The highest BCUT2D eigenvalue weighted by molar-refractivity contribution is 7.98. The number of halogens is 3. The van der Waals surface area contributed by atoms with E-state index in [1.807, 2.05) is 19.9 Å². The average molecular weight is 446 g/mol. The average Bonchev–Trinajstić information content (AvgIpc) is 3.20. The van der Waals surface area contributed by atoms with Gasteiger partial charge in [-0.05, 0) is 38.1 Å². The molecule has 0 atom stereocenters. The molecular formula is C21H17F3N4O2S. The van der Waals surface area contributed by atoms with Crippen molar-refractivity contribution in [2.24, 2.45) is 0 Å². The van der Waals surface area contributed by atoms with Crippen molar-refractivity contribution in [3.05, 3.63) is 70.3 Å². The van der Waals surface area contributed by atoms with Crippen molar-refractivity contribution in [3.63, 3.8) is 0 Å². The van der Waals surface area contributed by atoms with Gasteiger partial charge in [0.2, 0.25) is 11.7 Å². The third-order valence-electron chi connectivity index (χ3n) is 4.56. The number of hydrogen-bond donors (Lipinski definition) is 0. The Labute approximate surface area is 179 Å². The highest BCUT2D eigenvalue weighted by Crippen LogP contribution is 2.31. The van der Waals surface area contributed by atoms with E-state index in [1.165, 1.54) is 23.9 Å². The molecule has 0 unspecified atom stereocenters. The summed E-state index contributed by atoms with van der Waals surface area (Å²) in [5.74, 6) is 0.722. The van der Waals surface area contributed by atoms with Crippen LogP contribution in [0.1, 0.15) is 31.3 Å². The predicted molar refractivity (Wildman–Crippen MR) is 111 cm³/mol. The van der Waals surface area contributed by atoms with Crippen LogP contribution in [-0.2, 0) is 11.9 Å². The minimum absolute atomic E-state index is 0.0995. The van der Waals surface area contributed by atoms with E-state index >= 15 is 0 Å². The molecule has 0 spiro atoms. The minimum atomic E-state index is -4.41. The van der Waals surface area contributed by atoms with Crippen LogP contribution in [0.3, 0.4) is 0 Å². The number of hydrogen-bond acceptors (Lipinski definition) is 6. The van der Waals surface area contributed by atoms with Gasteiger partial charge in [0.1, 0.15) is 0 Å². The van der Waals surface area contributed by atoms with E-state index in [-0.39, 0.29) is 29.1 Å². The fraction of sp³-hybridized carbons (Fsp3) is 0.238. The van der Waals surface area contributed by atoms with Crippen molar-refractivity contribution >= 4 is 22.7 Å². The van der Waals surface area contributed by atoms with Gasteiger partial charge in [0.25, 0.3) is 5.56 Å². The lowest BCUT2D eigenvalue weighted by Gasteiger charge is -2.15. The molecule has 160 valence electrons. The lowest BCUT2D eigenvalue weighted by molar-refractivity contribution is -0.137. The van der Waals surface area contributed by atoms with Crippen LogP contribution in [0.25, 0.3) is 22.3 Å². The second kappa shape index (κ2) is 8.18. The molecule has 2 aromatic carbocycles. The van der Waals surface area contributed by atoms with Crippen LogP contribution in [0, 0.1) is 0 Å². The maximum Gasteiger partial charge on any atom is 0.416 e. The number of para-hydroxylation sites is 1. The molecule has 0 amide bonds. The van der Waals surface area contributed by atoms with Crippen LogP contribution in [0.15, 0.2) is 63.0 Å². The molecule has 0 aliphatic rings. The summed E-state index contributed by atoms with van der Waals surface area (Å²) >= 11 is 1.28. The Balaban J connectivity index is 1.57. The summed E-state index contributed by atoms with van der Waals surface area (Å²) in [7, 11) is 0. The van der Waals surface area contributed by atoms with Crippen LogP contribution in [-0.4, -0.2) is 19.7 Å². The lowest BCUT2D eigenvalue weighted by Crippen LogP contribution is -2.25. The Morgan fingerprint density at radius 3 is 2.45 bits per heavy atom. The Bertz CT molecular complexity index is 1280. The van der Waals surface area contributed by atoms with E-state index in [0.29, 0.717) is 21.6 Å². The molecular weight excluding hydrogens is 429 g/mol. The van der Waals surface area contributed by atoms with Crippen LogP contribution in [0.5, 0.6) is 0 Å². The Hall–Kier alpha value is -3.14. The van der Waals surface area contributed by atoms with Gasteiger partial charge < -0.3 is 4.52 Å². The second-order valence-corrected chi connectivity index (χ2v) is 8.00. The molecule has 0 bridgehead atoms. The van der Waals surface area contributed by atoms with E-state index < -0.39 is 11.7 Å². The summed E-state index contributed by atoms with van der Waals surface area (Å²) in [6.07, 6.45) is -4.41. The van der Waals surface area contributed by atoms with Crippen molar-refractivity contribution in [1.82, 2.24) is 19.7 Å². The normalized spacial score (nSPS) is 12.1. The summed E-state index contributed by atoms with van der Waals surface area (Å²) in [6.45, 7) is 3.80. The fourth-order valence-electron chi connectivity index (χ4n) is 3.05. The molecule has 0 fully saturated rings. The van der Waals surface area contributed by atoms with Gasteiger partial charge in [-0.15, -0.1) is 0 Å². The molecule has 4 rings (SSSR count). The first-order valence-corrected chi connectivity index (χ1v) is 10.4. The minimum Gasteiger partial charge on any atom is -0.338 e. The van der Waals surface area contributed by atoms with Gasteiger partial charge in [0.15, 0.2) is 5.16 Å². The van der Waals surface area contributed by atoms with E-state index in [0.717, 1.165) is 12.1 Å². The van der Waals surface area contributed by atoms with E-state index in [1.54, 1.807) is 22.8 Å². The Kier molecular flexibility index (Phi) is 5.57. The maximum absolute atomic E-state index is 12.9. The van der Waals surface area contributed by atoms with Gasteiger partial charge in [-0.1, -0.05) is 41.2 Å². The van der Waals surface area contributed by atoms with Crippen LogP contribution in [0.4, 0.5) is 13.2 Å². The van der Waals surface area contributed by atoms with Gasteiger partial charge in [-0.25, -0.2) is 4.98 Å². The molecule has 0 radical (unpaired) electrons. The highest BCUT2D eigenvalue weighted by Gasteiger charge is 2.30. The molecule has 2 heterocycles. The molecule has 0 aliphatic carbocycles. The summed E-state index contributed by atoms with van der Waals surface area (Å²) in [6, 6.07) is 11.6. The van der Waals surface area contributed by atoms with Crippen molar-refractivity contribution in [2.45, 2.75) is 37.0 Å². The number of alkyl halides is 3. The van der Waals surface area contributed by atoms with Gasteiger partial charge in [0.05, 0.1) is 22.2 Å². The molecule has 0 N–H and O–H groups in total. The van der Waals surface area contributed by atoms with Gasteiger partial charge in [-0.2, -0.15) is 18.2 Å². The second-order valence-electron chi connectivity index (χ2n) is 7.06. The molecule has 6 nitrogen and oxygen atoms in total. The molecule has 4 aromatic rings. The summed E-state index contributed by atoms with van der Waals surface area (Å²) in [5, 5.41) is 4.91. The number of aromatic nitrogens is 4. The molecule has 2 aromatic heterocycles. The van der Waals surface area contributed by atoms with Crippen molar-refractivity contribution < 1.29 is 17.7 Å². The number of fused-ring (bicyclic) bond motifs is 1. The predicted octanol–water partition coefficient (Wildman–Crippen LogP) is 5.34. The van der Waals surface area contributed by atoms with Crippen molar-refractivity contribution in [1.29, 1.82) is 0 Å². The Morgan fingerprint density at radius 1 is 1.06 bits per heavy atom. The number of benzene rings is 2. The standard InChI is InChI=1S/C21H17F3N4O2S/c1-12(2)28-19(29)15-5-3-4-6-16(15)25-20(28)31-11-17-26-18(27-30-17)13-7-9-14(10-8-13)21(22,23)24/h3-10,12H,11H2,1-2H3. The third kappa shape index (κ3) is 4.34. The first kappa shape index (κ1) is 21.1. The van der Waals surface area contributed by atoms with Crippen LogP contribution >= 0.6 is 11.8 Å². The zero-order valence-corrected chi connectivity index (χ0v) is 17.4.